The lowest BCUT2D eigenvalue weighted by atomic mass is 10.1. The molecule has 0 radical (unpaired) electrons. The van der Waals surface area contributed by atoms with Crippen LogP contribution < -0.4 is 9.47 Å². The van der Waals surface area contributed by atoms with Crippen LogP contribution >= 0.6 is 22.9 Å². The number of hydrogen-bond acceptors (Lipinski definition) is 5. The Balaban J connectivity index is 1.53. The Morgan fingerprint density at radius 1 is 0.971 bits per heavy atom. The number of carbonyl (C=O) groups is 2. The molecule has 1 aromatic heterocycles. The van der Waals surface area contributed by atoms with E-state index in [9.17, 15) is 9.59 Å². The molecule has 2 heterocycles. The van der Waals surface area contributed by atoms with Gasteiger partial charge >= 0.3 is 0 Å². The van der Waals surface area contributed by atoms with Crippen molar-refractivity contribution in [2.75, 3.05) is 19.9 Å². The van der Waals surface area contributed by atoms with E-state index in [4.69, 9.17) is 21.1 Å². The number of ether oxygens (including phenoxy) is 2. The van der Waals surface area contributed by atoms with Gasteiger partial charge in [0.05, 0.1) is 13.1 Å². The van der Waals surface area contributed by atoms with Crippen LogP contribution in [0.2, 0.25) is 0 Å². The summed E-state index contributed by atoms with van der Waals surface area (Å²) in [7, 11) is 0. The first kappa shape index (κ1) is 25.1. The second kappa shape index (κ2) is 11.6. The van der Waals surface area contributed by atoms with Crippen molar-refractivity contribution >= 4 is 34.8 Å². The Hall–Kier alpha value is -3.03. The fourth-order valence-corrected chi connectivity index (χ4v) is 4.95. The van der Waals surface area contributed by atoms with Gasteiger partial charge in [-0.15, -0.1) is 22.9 Å². The number of halogens is 1. The van der Waals surface area contributed by atoms with Crippen molar-refractivity contribution in [1.82, 2.24) is 9.80 Å². The lowest BCUT2D eigenvalue weighted by molar-refractivity contribution is -0.141. The van der Waals surface area contributed by atoms with E-state index in [-0.39, 0.29) is 31.1 Å². The number of thiophene rings is 1. The number of alkyl halides is 1. The molecule has 0 N–H and O–H groups in total. The van der Waals surface area contributed by atoms with Gasteiger partial charge in [0, 0.05) is 18.0 Å². The average molecular weight is 513 g/mol. The van der Waals surface area contributed by atoms with Crippen molar-refractivity contribution in [2.24, 2.45) is 5.92 Å². The highest BCUT2D eigenvalue weighted by Gasteiger charge is 2.28. The van der Waals surface area contributed by atoms with Crippen LogP contribution in [0.25, 0.3) is 0 Å². The molecule has 0 spiro atoms. The van der Waals surface area contributed by atoms with E-state index in [1.54, 1.807) is 21.1 Å². The SMILES string of the molecule is CC(C)CN(CC(=O)N(Cc1ccc2c(c1)OCO2)Cc1cccs1)C(=O)C(Cl)c1ccccc1. The van der Waals surface area contributed by atoms with Gasteiger partial charge in [0.2, 0.25) is 18.6 Å². The zero-order valence-electron chi connectivity index (χ0n) is 19.9. The van der Waals surface area contributed by atoms with Gasteiger partial charge in [-0.1, -0.05) is 56.3 Å². The Kier molecular flexibility index (Phi) is 8.31. The molecule has 1 aliphatic heterocycles. The topological polar surface area (TPSA) is 59.1 Å². The second-order valence-electron chi connectivity index (χ2n) is 8.90. The molecule has 184 valence electrons. The van der Waals surface area contributed by atoms with Gasteiger partial charge in [-0.05, 0) is 40.6 Å². The Morgan fingerprint density at radius 3 is 2.46 bits per heavy atom. The smallest absolute Gasteiger partial charge is 0.245 e. The summed E-state index contributed by atoms with van der Waals surface area (Å²) in [6.07, 6.45) is 0. The minimum Gasteiger partial charge on any atom is -0.454 e. The maximum atomic E-state index is 13.6. The summed E-state index contributed by atoms with van der Waals surface area (Å²) in [5.74, 6) is 1.16. The average Bonchev–Trinajstić information content (AvgIpc) is 3.54. The molecule has 8 heteroatoms. The van der Waals surface area contributed by atoms with Crippen LogP contribution in [-0.2, 0) is 22.7 Å². The zero-order valence-corrected chi connectivity index (χ0v) is 21.4. The number of carbonyl (C=O) groups excluding carboxylic acids is 2. The molecule has 1 atom stereocenters. The van der Waals surface area contributed by atoms with Gasteiger partial charge in [-0.3, -0.25) is 9.59 Å². The quantitative estimate of drug-likeness (QED) is 0.338. The Labute approximate surface area is 215 Å². The molecular formula is C27H29ClN2O4S. The molecule has 0 bridgehead atoms. The van der Waals surface area contributed by atoms with Crippen LogP contribution in [0.1, 0.15) is 35.2 Å². The number of rotatable bonds is 10. The van der Waals surface area contributed by atoms with Crippen molar-refractivity contribution in [3.05, 3.63) is 82.0 Å². The highest BCUT2D eigenvalue weighted by Crippen LogP contribution is 2.33. The molecule has 1 aliphatic rings. The molecule has 6 nitrogen and oxygen atoms in total. The van der Waals surface area contributed by atoms with Crippen molar-refractivity contribution in [2.45, 2.75) is 32.3 Å². The molecule has 3 aromatic rings. The van der Waals surface area contributed by atoms with Crippen molar-refractivity contribution in [3.63, 3.8) is 0 Å². The number of benzene rings is 2. The van der Waals surface area contributed by atoms with Crippen LogP contribution in [0.5, 0.6) is 11.5 Å². The number of hydrogen-bond donors (Lipinski definition) is 0. The molecule has 0 saturated heterocycles. The summed E-state index contributed by atoms with van der Waals surface area (Å²) in [6.45, 7) is 5.49. The van der Waals surface area contributed by atoms with Crippen LogP contribution in [0.3, 0.4) is 0 Å². The number of amides is 2. The van der Waals surface area contributed by atoms with E-state index < -0.39 is 5.38 Å². The van der Waals surface area contributed by atoms with Gasteiger partial charge in [0.15, 0.2) is 11.5 Å². The summed E-state index contributed by atoms with van der Waals surface area (Å²) >= 11 is 8.15. The first-order valence-electron chi connectivity index (χ1n) is 11.6. The molecule has 4 rings (SSSR count). The summed E-state index contributed by atoms with van der Waals surface area (Å²) in [6, 6.07) is 18.9. The third-order valence-electron chi connectivity index (χ3n) is 5.62. The monoisotopic (exact) mass is 512 g/mol. The molecule has 2 amide bonds. The first-order valence-corrected chi connectivity index (χ1v) is 12.9. The number of fused-ring (bicyclic) bond motifs is 1. The lowest BCUT2D eigenvalue weighted by Crippen LogP contribution is -2.44. The second-order valence-corrected chi connectivity index (χ2v) is 10.4. The van der Waals surface area contributed by atoms with E-state index in [1.165, 1.54) is 0 Å². The largest absolute Gasteiger partial charge is 0.454 e. The highest BCUT2D eigenvalue weighted by atomic mass is 35.5. The Morgan fingerprint density at radius 2 is 1.74 bits per heavy atom. The predicted octanol–water partition coefficient (Wildman–Crippen LogP) is 5.47. The maximum absolute atomic E-state index is 13.6. The third kappa shape index (κ3) is 6.55. The van der Waals surface area contributed by atoms with E-state index in [2.05, 4.69) is 0 Å². The van der Waals surface area contributed by atoms with Gasteiger partial charge < -0.3 is 19.3 Å². The predicted molar refractivity (Wildman–Crippen MR) is 138 cm³/mol. The van der Waals surface area contributed by atoms with E-state index >= 15 is 0 Å². The number of nitrogens with zero attached hydrogens (tertiary/aromatic N) is 2. The van der Waals surface area contributed by atoms with Crippen molar-refractivity contribution in [1.29, 1.82) is 0 Å². The molecule has 0 aliphatic carbocycles. The molecule has 35 heavy (non-hydrogen) atoms. The van der Waals surface area contributed by atoms with E-state index in [0.717, 1.165) is 16.0 Å². The minimum absolute atomic E-state index is 0.0387. The van der Waals surface area contributed by atoms with Crippen molar-refractivity contribution in [3.8, 4) is 11.5 Å². The van der Waals surface area contributed by atoms with Crippen LogP contribution in [0.15, 0.2) is 66.0 Å². The van der Waals surface area contributed by atoms with Gasteiger partial charge in [0.25, 0.3) is 0 Å². The van der Waals surface area contributed by atoms with Gasteiger partial charge in [0.1, 0.15) is 5.38 Å². The summed E-state index contributed by atoms with van der Waals surface area (Å²) in [5.41, 5.74) is 1.65. The first-order chi connectivity index (χ1) is 16.9. The van der Waals surface area contributed by atoms with Crippen molar-refractivity contribution < 1.29 is 19.1 Å². The van der Waals surface area contributed by atoms with Crippen LogP contribution in [-0.4, -0.2) is 41.5 Å². The highest BCUT2D eigenvalue weighted by molar-refractivity contribution is 7.09. The van der Waals surface area contributed by atoms with E-state index in [0.29, 0.717) is 31.1 Å². The fourth-order valence-electron chi connectivity index (χ4n) is 3.94. The standard InChI is InChI=1S/C27H29ClN2O4S/c1-19(2)14-30(27(32)26(28)21-7-4-3-5-8-21)17-25(31)29(16-22-9-6-12-35-22)15-20-10-11-23-24(13-20)34-18-33-23/h3-13,19,26H,14-18H2,1-2H3. The summed E-state index contributed by atoms with van der Waals surface area (Å²) in [5, 5.41) is 1.15. The third-order valence-corrected chi connectivity index (χ3v) is 6.92. The molecule has 1 unspecified atom stereocenters. The fraction of sp³-hybridized carbons (Fsp3) is 0.333. The van der Waals surface area contributed by atoms with E-state index in [1.807, 2.05) is 79.9 Å². The molecular weight excluding hydrogens is 484 g/mol. The molecule has 0 fully saturated rings. The van der Waals surface area contributed by atoms with Gasteiger partial charge in [-0.25, -0.2) is 0 Å². The normalized spacial score (nSPS) is 13.0. The molecule has 2 aromatic carbocycles. The van der Waals surface area contributed by atoms with Crippen LogP contribution in [0, 0.1) is 5.92 Å². The molecule has 0 saturated carbocycles. The summed E-state index contributed by atoms with van der Waals surface area (Å²) < 4.78 is 10.9. The maximum Gasteiger partial charge on any atom is 0.245 e. The Bertz CT molecular complexity index is 1140. The lowest BCUT2D eigenvalue weighted by Gasteiger charge is -2.30. The van der Waals surface area contributed by atoms with Gasteiger partial charge in [-0.2, -0.15) is 0 Å². The minimum atomic E-state index is -0.845. The summed E-state index contributed by atoms with van der Waals surface area (Å²) in [4.78, 5) is 31.4. The van der Waals surface area contributed by atoms with Crippen LogP contribution in [0.4, 0.5) is 0 Å². The zero-order chi connectivity index (χ0) is 24.8.